The highest BCUT2D eigenvalue weighted by Crippen LogP contribution is 2.27. The van der Waals surface area contributed by atoms with Crippen molar-refractivity contribution in [2.45, 2.75) is 426 Å². The van der Waals surface area contributed by atoms with Gasteiger partial charge in [-0.05, 0) is 218 Å². The molecule has 0 saturated heterocycles. The Bertz CT molecular complexity index is 3170. The van der Waals surface area contributed by atoms with Gasteiger partial charge in [0.05, 0.1) is 0 Å². The molecule has 0 aliphatic rings. The molecule has 8 atom stereocenters. The van der Waals surface area contributed by atoms with Crippen LogP contribution in [0.3, 0.4) is 0 Å². The smallest absolute Gasteiger partial charge is 0.410 e. The van der Waals surface area contributed by atoms with Crippen LogP contribution >= 0.6 is 0 Å². The maximum atomic E-state index is 14.2. The van der Waals surface area contributed by atoms with Crippen molar-refractivity contribution < 1.29 is 120 Å². The van der Waals surface area contributed by atoms with E-state index in [1.165, 1.54) is 44.9 Å². The molecule has 0 saturated carbocycles. The normalized spacial score (nSPS) is 13.7. The molecule has 0 heterocycles. The van der Waals surface area contributed by atoms with E-state index >= 15 is 0 Å². The van der Waals surface area contributed by atoms with Crippen LogP contribution in [0.25, 0.3) is 0 Å². The minimum absolute atomic E-state index is 0.0159. The van der Waals surface area contributed by atoms with Crippen LogP contribution in [0.4, 0.5) is 28.8 Å². The van der Waals surface area contributed by atoms with E-state index in [4.69, 9.17) is 52.1 Å². The Kier molecular flexibility index (Phi) is 63.2. The molecule has 0 radical (unpaired) electrons. The molecule has 0 aromatic heterocycles. The largest absolute Gasteiger partial charge is 0.462 e. The van der Waals surface area contributed by atoms with Gasteiger partial charge in [0.25, 0.3) is 0 Å². The van der Waals surface area contributed by atoms with Gasteiger partial charge in [0, 0.05) is 133 Å². The number of rotatable bonds is 61. The zero-order chi connectivity index (χ0) is 100. The van der Waals surface area contributed by atoms with Gasteiger partial charge in [0.15, 0.2) is 24.4 Å². The van der Waals surface area contributed by atoms with E-state index in [1.807, 2.05) is 83.1 Å². The summed E-state index contributed by atoms with van der Waals surface area (Å²) in [6.07, 6.45) is 10.3. The lowest BCUT2D eigenvalue weighted by Gasteiger charge is -2.37. The Morgan fingerprint density at radius 2 is 0.641 bits per heavy atom. The molecule has 8 amide bonds. The first-order valence-corrected chi connectivity index (χ1v) is 48.2. The average Bonchev–Trinajstić information content (AvgIpc) is 0.815. The van der Waals surface area contributed by atoms with Crippen molar-refractivity contribution in [2.75, 3.05) is 91.7 Å². The van der Waals surface area contributed by atoms with Gasteiger partial charge in [0.1, 0.15) is 46.4 Å². The number of alkyl carbamates (subject to hydrolysis) is 2. The monoisotopic (exact) mass is 1870 g/mol. The lowest BCUT2D eigenvalue weighted by molar-refractivity contribution is -0.211. The van der Waals surface area contributed by atoms with Crippen LogP contribution in [-0.2, 0) is 85.7 Å². The fourth-order valence-corrected chi connectivity index (χ4v) is 13.7. The number of nitrogens with one attached hydrogen (secondary N) is 5. The molecule has 0 rings (SSSR count). The molecule has 3 unspecified atom stereocenters. The van der Waals surface area contributed by atoms with Crippen LogP contribution in [0.1, 0.15) is 361 Å². The third-order valence-electron chi connectivity index (χ3n) is 19.9. The van der Waals surface area contributed by atoms with Crippen LogP contribution in [0.15, 0.2) is 0 Å². The lowest BCUT2D eigenvalue weighted by atomic mass is 9.93. The lowest BCUT2D eigenvalue weighted by Crippen LogP contribution is -2.59. The summed E-state index contributed by atoms with van der Waals surface area (Å²) in [6.45, 7) is 54.3. The number of carbonyl (C=O) groups is 13. The standard InChI is InChI=1S/C64H123N7O13.C33H58N2O12/c1-49(2)33-30-34-50(3)36-37-52(72)65-38-25-23-22-24-35-51(47-70(57(77)83-63(16,17)18)43-28-26-41-68(55(75)81-61(10,11)12)45-31-39-66-53(73)79-59(4,5)6)48-71(58(78)84-64(19,20)21)44-29-27-42-69(56(76)82-62(13,14)15)46-32-40-67-54(74)80-60(7,8)9;1-9-10-11-13-21(2)14-12-15-22(3)16-17-29(41)34-18-19-35-33(42)32(47-27(8)40)31(46-26(7)39)30(45-25(6)38)28(44-24(5)37)20-43-23(4)36/h49-51H,22-48H2,1-21H3,(H,65,72)(H,66,73)(H,67,74);21-22,28,30-33,35,42H,9-20H2,1-8H3,(H,34,41)/t;21?,22?,28-,30-,31+,32-,33-/m.1/s1. The molecule has 0 fully saturated rings. The fraction of sp³-hybridized carbons (Fsp3) is 0.866. The highest BCUT2D eigenvalue weighted by atomic mass is 16.6. The van der Waals surface area contributed by atoms with E-state index in [1.54, 1.807) is 61.1 Å². The highest BCUT2D eigenvalue weighted by Gasteiger charge is 2.47. The van der Waals surface area contributed by atoms with Crippen molar-refractivity contribution in [3.63, 3.8) is 0 Å². The van der Waals surface area contributed by atoms with E-state index in [2.05, 4.69) is 68.1 Å². The Morgan fingerprint density at radius 1 is 0.313 bits per heavy atom. The first kappa shape index (κ1) is 125. The second-order valence-corrected chi connectivity index (χ2v) is 41.3. The summed E-state index contributed by atoms with van der Waals surface area (Å²) in [4.78, 5) is 171. The summed E-state index contributed by atoms with van der Waals surface area (Å²) in [5, 5.41) is 25.1. The average molecular weight is 1870 g/mol. The minimum atomic E-state index is -1.72. The number of carbonyl (C=O) groups excluding carboxylic acids is 13. The Morgan fingerprint density at radius 3 is 1.02 bits per heavy atom. The molecule has 34 nitrogen and oxygen atoms in total. The molecule has 764 valence electrons. The predicted octanol–water partition coefficient (Wildman–Crippen LogP) is 17.4. The van der Waals surface area contributed by atoms with Gasteiger partial charge in [-0.3, -0.25) is 38.9 Å². The van der Waals surface area contributed by atoms with Gasteiger partial charge in [0.2, 0.25) is 11.8 Å². The molecule has 6 N–H and O–H groups in total. The molecule has 0 aliphatic carbocycles. The van der Waals surface area contributed by atoms with Crippen LogP contribution in [0.5, 0.6) is 0 Å². The maximum absolute atomic E-state index is 14.2. The summed E-state index contributed by atoms with van der Waals surface area (Å²) in [6, 6.07) is 0. The Labute approximate surface area is 787 Å². The number of hydrogen-bond acceptors (Lipinski definition) is 26. The summed E-state index contributed by atoms with van der Waals surface area (Å²) >= 11 is 0. The molecular weight excluding hydrogens is 1690 g/mol. The quantitative estimate of drug-likeness (QED) is 0.0142. The number of hydrogen-bond donors (Lipinski definition) is 6. The number of ether oxygens (including phenoxy) is 11. The molecule has 0 aliphatic heterocycles. The van der Waals surface area contributed by atoms with E-state index in [0.29, 0.717) is 140 Å². The van der Waals surface area contributed by atoms with Crippen LogP contribution in [0.2, 0.25) is 0 Å². The fourth-order valence-electron chi connectivity index (χ4n) is 13.7. The Balaban J connectivity index is 0. The molecule has 0 spiro atoms. The molecule has 34 heteroatoms. The summed E-state index contributed by atoms with van der Waals surface area (Å²) in [5.41, 5.74) is -4.35. The molecular formula is C97H181N9O25. The van der Waals surface area contributed by atoms with Gasteiger partial charge in [-0.1, -0.05) is 125 Å². The van der Waals surface area contributed by atoms with E-state index in [-0.39, 0.29) is 43.9 Å². The highest BCUT2D eigenvalue weighted by molar-refractivity contribution is 5.76. The van der Waals surface area contributed by atoms with Crippen molar-refractivity contribution in [3.8, 4) is 0 Å². The first-order valence-electron chi connectivity index (χ1n) is 48.2. The van der Waals surface area contributed by atoms with Gasteiger partial charge >= 0.3 is 66.4 Å². The maximum Gasteiger partial charge on any atom is 0.410 e. The number of amides is 8. The first-order chi connectivity index (χ1) is 60.6. The number of esters is 5. The van der Waals surface area contributed by atoms with Crippen molar-refractivity contribution in [2.24, 2.45) is 29.6 Å². The van der Waals surface area contributed by atoms with Crippen molar-refractivity contribution in [1.82, 2.24) is 46.2 Å². The van der Waals surface area contributed by atoms with Gasteiger partial charge < -0.3 is 98.1 Å². The topological polar surface area (TPSA) is 417 Å². The van der Waals surface area contributed by atoms with E-state index in [0.717, 1.165) is 92.4 Å². The summed E-state index contributed by atoms with van der Waals surface area (Å²) < 4.78 is 60.4. The predicted molar refractivity (Wildman–Crippen MR) is 505 cm³/mol. The van der Waals surface area contributed by atoms with Crippen molar-refractivity contribution in [1.29, 1.82) is 0 Å². The minimum Gasteiger partial charge on any atom is -0.462 e. The van der Waals surface area contributed by atoms with Crippen molar-refractivity contribution >= 4 is 78.2 Å². The number of unbranched alkanes of at least 4 members (excludes halogenated alkanes) is 7. The van der Waals surface area contributed by atoms with Gasteiger partial charge in [-0.2, -0.15) is 0 Å². The zero-order valence-corrected chi connectivity index (χ0v) is 86.4. The van der Waals surface area contributed by atoms with Gasteiger partial charge in [-0.15, -0.1) is 0 Å². The third-order valence-corrected chi connectivity index (χ3v) is 19.9. The van der Waals surface area contributed by atoms with E-state index in [9.17, 15) is 67.4 Å². The zero-order valence-electron chi connectivity index (χ0n) is 86.4. The van der Waals surface area contributed by atoms with Gasteiger partial charge in [-0.25, -0.2) is 28.8 Å². The number of nitrogens with zero attached hydrogens (tertiary/aromatic N) is 4. The Hall–Kier alpha value is -8.17. The second-order valence-electron chi connectivity index (χ2n) is 41.3. The number of aliphatic hydroxyl groups is 1. The third kappa shape index (κ3) is 73.0. The molecule has 131 heavy (non-hydrogen) atoms. The second kappa shape index (κ2) is 66.3. The van der Waals surface area contributed by atoms with Crippen LogP contribution in [-0.4, -0.2) is 259 Å². The van der Waals surface area contributed by atoms with Crippen molar-refractivity contribution in [3.05, 3.63) is 0 Å². The molecule has 0 aromatic rings. The summed E-state index contributed by atoms with van der Waals surface area (Å²) in [5.74, 6) is -2.23. The molecule has 0 bridgehead atoms. The molecule has 0 aromatic carbocycles. The number of aliphatic hydroxyl groups excluding tert-OH is 1. The van der Waals surface area contributed by atoms with E-state index < -0.39 is 137 Å². The van der Waals surface area contributed by atoms with Crippen LogP contribution < -0.4 is 26.6 Å². The SMILES string of the molecule is CC(C)CCCC(C)CCC(=O)NCCCCCCC(CN(CCCCN(CCCNC(=O)OC(C)(C)C)C(=O)OC(C)(C)C)C(=O)OC(C)(C)C)CN(CCCCN(CCCNC(=O)OC(C)(C)C)C(=O)OC(C)(C)C)C(=O)OC(C)(C)C.CCCCCC(C)CCCC(C)CCC(=O)NCCN[C@H](O)[C@H](OC(C)=O)[C@@H](OC(C)=O)[C@H](OC(C)=O)[C@@H](COC(C)=O)OC(C)=O. The van der Waals surface area contributed by atoms with Crippen LogP contribution in [0, 0.1) is 29.6 Å². The summed E-state index contributed by atoms with van der Waals surface area (Å²) in [7, 11) is 0.